The predicted molar refractivity (Wildman–Crippen MR) is 77.7 cm³/mol. The van der Waals surface area contributed by atoms with E-state index in [-0.39, 0.29) is 0 Å². The Balaban J connectivity index is 1.70. The van der Waals surface area contributed by atoms with Gasteiger partial charge in [-0.25, -0.2) is 0 Å². The molecule has 3 heteroatoms. The van der Waals surface area contributed by atoms with E-state index in [2.05, 4.69) is 23.8 Å². The summed E-state index contributed by atoms with van der Waals surface area (Å²) in [5, 5.41) is 0. The zero-order valence-corrected chi connectivity index (χ0v) is 12.3. The molecule has 0 amide bonds. The Morgan fingerprint density at radius 3 is 2.67 bits per heavy atom. The number of nitrogens with two attached hydrogens (primary N) is 1. The summed E-state index contributed by atoms with van der Waals surface area (Å²) in [5.74, 6) is 1.55. The minimum Gasteiger partial charge on any atom is -0.330 e. The summed E-state index contributed by atoms with van der Waals surface area (Å²) >= 11 is 0. The molecule has 3 atom stereocenters. The van der Waals surface area contributed by atoms with Gasteiger partial charge in [0, 0.05) is 12.6 Å². The quantitative estimate of drug-likeness (QED) is 0.829. The van der Waals surface area contributed by atoms with Crippen LogP contribution < -0.4 is 5.73 Å². The van der Waals surface area contributed by atoms with Crippen LogP contribution in [0.1, 0.15) is 39.0 Å². The van der Waals surface area contributed by atoms with Crippen molar-refractivity contribution in [3.05, 3.63) is 0 Å². The van der Waals surface area contributed by atoms with Crippen molar-refractivity contribution in [3.63, 3.8) is 0 Å². The van der Waals surface area contributed by atoms with Gasteiger partial charge in [0.25, 0.3) is 0 Å². The summed E-state index contributed by atoms with van der Waals surface area (Å²) < 4.78 is 0. The summed E-state index contributed by atoms with van der Waals surface area (Å²) in [6.45, 7) is 8.37. The molecule has 2 rings (SSSR count). The van der Waals surface area contributed by atoms with Crippen LogP contribution in [-0.2, 0) is 0 Å². The molecule has 18 heavy (non-hydrogen) atoms. The van der Waals surface area contributed by atoms with Crippen LogP contribution in [-0.4, -0.2) is 55.6 Å². The molecule has 2 heterocycles. The standard InChI is InChI=1S/C15H31N3/c1-13-12-18(9-6-14(13)11-16)10-7-15-5-3-4-8-17(15)2/h13-15H,3-12,16H2,1-2H3. The van der Waals surface area contributed by atoms with Crippen LogP contribution in [0.3, 0.4) is 0 Å². The van der Waals surface area contributed by atoms with Crippen molar-refractivity contribution in [1.82, 2.24) is 9.80 Å². The lowest BCUT2D eigenvalue weighted by atomic mass is 9.87. The largest absolute Gasteiger partial charge is 0.330 e. The summed E-state index contributed by atoms with van der Waals surface area (Å²) in [6.07, 6.45) is 6.90. The number of likely N-dealkylation sites (tertiary alicyclic amines) is 2. The molecular weight excluding hydrogens is 222 g/mol. The SMILES string of the molecule is CC1CN(CCC2CCCCN2C)CCC1CN. The van der Waals surface area contributed by atoms with Gasteiger partial charge in [0.15, 0.2) is 0 Å². The maximum atomic E-state index is 5.82. The van der Waals surface area contributed by atoms with Crippen molar-refractivity contribution in [2.45, 2.75) is 45.1 Å². The zero-order valence-electron chi connectivity index (χ0n) is 12.3. The predicted octanol–water partition coefficient (Wildman–Crippen LogP) is 1.78. The van der Waals surface area contributed by atoms with E-state index in [9.17, 15) is 0 Å². The molecule has 0 spiro atoms. The van der Waals surface area contributed by atoms with E-state index in [1.54, 1.807) is 0 Å². The Kier molecular flexibility index (Phi) is 5.46. The number of hydrogen-bond donors (Lipinski definition) is 1. The highest BCUT2D eigenvalue weighted by Crippen LogP contribution is 2.24. The minimum atomic E-state index is 0.763. The Morgan fingerprint density at radius 2 is 2.00 bits per heavy atom. The molecule has 0 aromatic heterocycles. The minimum absolute atomic E-state index is 0.763. The van der Waals surface area contributed by atoms with Gasteiger partial charge in [0.1, 0.15) is 0 Å². The third kappa shape index (κ3) is 3.69. The molecular formula is C15H31N3. The van der Waals surface area contributed by atoms with Gasteiger partial charge in [-0.15, -0.1) is 0 Å². The lowest BCUT2D eigenvalue weighted by molar-refractivity contribution is 0.108. The average Bonchev–Trinajstić information content (AvgIpc) is 2.38. The monoisotopic (exact) mass is 253 g/mol. The van der Waals surface area contributed by atoms with Gasteiger partial charge >= 0.3 is 0 Å². The van der Waals surface area contributed by atoms with E-state index >= 15 is 0 Å². The Morgan fingerprint density at radius 1 is 1.17 bits per heavy atom. The summed E-state index contributed by atoms with van der Waals surface area (Å²) in [7, 11) is 2.30. The fraction of sp³-hybridized carbons (Fsp3) is 1.00. The second-order valence-corrected chi connectivity index (χ2v) is 6.48. The lowest BCUT2D eigenvalue weighted by Gasteiger charge is -2.38. The van der Waals surface area contributed by atoms with Gasteiger partial charge in [-0.1, -0.05) is 13.3 Å². The Labute approximate surface area is 113 Å². The average molecular weight is 253 g/mol. The van der Waals surface area contributed by atoms with Crippen LogP contribution in [0.25, 0.3) is 0 Å². The first-order valence-corrected chi connectivity index (χ1v) is 7.83. The molecule has 0 aliphatic carbocycles. The summed E-state index contributed by atoms with van der Waals surface area (Å²) in [6, 6.07) is 0.835. The molecule has 2 aliphatic rings. The fourth-order valence-corrected chi connectivity index (χ4v) is 3.67. The molecule has 2 saturated heterocycles. The number of piperidine rings is 2. The van der Waals surface area contributed by atoms with Crippen LogP contribution in [0.5, 0.6) is 0 Å². The fourth-order valence-electron chi connectivity index (χ4n) is 3.67. The maximum Gasteiger partial charge on any atom is 0.0104 e. The van der Waals surface area contributed by atoms with Gasteiger partial charge in [-0.2, -0.15) is 0 Å². The second kappa shape index (κ2) is 6.88. The highest BCUT2D eigenvalue weighted by atomic mass is 15.2. The molecule has 0 saturated carbocycles. The zero-order chi connectivity index (χ0) is 13.0. The van der Waals surface area contributed by atoms with E-state index in [1.165, 1.54) is 58.3 Å². The first-order chi connectivity index (χ1) is 8.70. The van der Waals surface area contributed by atoms with E-state index in [1.807, 2.05) is 0 Å². The molecule has 0 aromatic carbocycles. The molecule has 3 unspecified atom stereocenters. The van der Waals surface area contributed by atoms with Crippen molar-refractivity contribution in [1.29, 1.82) is 0 Å². The van der Waals surface area contributed by atoms with Crippen LogP contribution >= 0.6 is 0 Å². The van der Waals surface area contributed by atoms with Crippen molar-refractivity contribution in [2.24, 2.45) is 17.6 Å². The van der Waals surface area contributed by atoms with Crippen LogP contribution in [0.2, 0.25) is 0 Å². The van der Waals surface area contributed by atoms with Crippen molar-refractivity contribution in [2.75, 3.05) is 39.8 Å². The van der Waals surface area contributed by atoms with E-state index in [0.29, 0.717) is 0 Å². The van der Waals surface area contributed by atoms with E-state index in [4.69, 9.17) is 5.73 Å². The third-order valence-corrected chi connectivity index (χ3v) is 5.17. The second-order valence-electron chi connectivity index (χ2n) is 6.48. The summed E-state index contributed by atoms with van der Waals surface area (Å²) in [5.41, 5.74) is 5.82. The molecule has 2 aliphatic heterocycles. The number of nitrogens with zero attached hydrogens (tertiary/aromatic N) is 2. The molecule has 106 valence electrons. The molecule has 2 fully saturated rings. The third-order valence-electron chi connectivity index (χ3n) is 5.17. The van der Waals surface area contributed by atoms with Crippen LogP contribution in [0.4, 0.5) is 0 Å². The van der Waals surface area contributed by atoms with Crippen LogP contribution in [0.15, 0.2) is 0 Å². The van der Waals surface area contributed by atoms with Crippen molar-refractivity contribution < 1.29 is 0 Å². The first kappa shape index (κ1) is 14.3. The Bertz CT molecular complexity index is 244. The molecule has 0 bridgehead atoms. The summed E-state index contributed by atoms with van der Waals surface area (Å²) in [4.78, 5) is 5.23. The number of rotatable bonds is 4. The normalized spacial score (nSPS) is 35.8. The first-order valence-electron chi connectivity index (χ1n) is 7.83. The molecule has 2 N–H and O–H groups in total. The topological polar surface area (TPSA) is 32.5 Å². The highest BCUT2D eigenvalue weighted by molar-refractivity contribution is 4.81. The van der Waals surface area contributed by atoms with E-state index in [0.717, 1.165) is 24.4 Å². The van der Waals surface area contributed by atoms with Gasteiger partial charge in [0.05, 0.1) is 0 Å². The molecule has 0 aromatic rings. The van der Waals surface area contributed by atoms with Crippen molar-refractivity contribution >= 4 is 0 Å². The van der Waals surface area contributed by atoms with Gasteiger partial charge < -0.3 is 15.5 Å². The van der Waals surface area contributed by atoms with Gasteiger partial charge in [-0.3, -0.25) is 0 Å². The maximum absolute atomic E-state index is 5.82. The molecule has 0 radical (unpaired) electrons. The van der Waals surface area contributed by atoms with Crippen LogP contribution in [0, 0.1) is 11.8 Å². The number of hydrogen-bond acceptors (Lipinski definition) is 3. The smallest absolute Gasteiger partial charge is 0.0104 e. The molecule has 3 nitrogen and oxygen atoms in total. The van der Waals surface area contributed by atoms with E-state index < -0.39 is 0 Å². The highest BCUT2D eigenvalue weighted by Gasteiger charge is 2.26. The van der Waals surface area contributed by atoms with Gasteiger partial charge in [0.2, 0.25) is 0 Å². The Hall–Kier alpha value is -0.120. The van der Waals surface area contributed by atoms with Gasteiger partial charge in [-0.05, 0) is 70.7 Å². The lowest BCUT2D eigenvalue weighted by Crippen LogP contribution is -2.44. The van der Waals surface area contributed by atoms with Crippen molar-refractivity contribution in [3.8, 4) is 0 Å².